The van der Waals surface area contributed by atoms with E-state index in [2.05, 4.69) is 0 Å². The fourth-order valence-electron chi connectivity index (χ4n) is 2.42. The van der Waals surface area contributed by atoms with E-state index in [0.717, 1.165) is 24.8 Å². The Hall–Kier alpha value is -0.620. The van der Waals surface area contributed by atoms with Crippen LogP contribution in [0.4, 0.5) is 0 Å². The van der Waals surface area contributed by atoms with Crippen LogP contribution >= 0.6 is 11.6 Å². The molecule has 0 aromatic heterocycles. The summed E-state index contributed by atoms with van der Waals surface area (Å²) < 4.78 is 26.7. The molecule has 2 rings (SSSR count). The van der Waals surface area contributed by atoms with Crippen LogP contribution < -0.4 is 5.73 Å². The molecule has 106 valence electrons. The molecule has 1 aliphatic rings. The standard InChI is InChI=1S/C13H19ClN2O2S/c1-10-4-2-3-7-16(10)19(17,18)12-6-5-11(9-15)13(14)8-12/h5-6,8,10H,2-4,7,9,15H2,1H3. The maximum Gasteiger partial charge on any atom is 0.243 e. The van der Waals surface area contributed by atoms with Gasteiger partial charge in [-0.05, 0) is 37.5 Å². The molecular weight excluding hydrogens is 284 g/mol. The summed E-state index contributed by atoms with van der Waals surface area (Å²) in [4.78, 5) is 0.253. The number of piperidine rings is 1. The number of benzene rings is 1. The quantitative estimate of drug-likeness (QED) is 0.932. The molecule has 0 saturated carbocycles. The zero-order chi connectivity index (χ0) is 14.0. The third kappa shape index (κ3) is 2.94. The highest BCUT2D eigenvalue weighted by Crippen LogP contribution is 2.27. The molecule has 6 heteroatoms. The predicted molar refractivity (Wildman–Crippen MR) is 76.5 cm³/mol. The van der Waals surface area contributed by atoms with E-state index < -0.39 is 10.0 Å². The second kappa shape index (κ2) is 5.79. The molecule has 1 unspecified atom stereocenters. The van der Waals surface area contributed by atoms with E-state index in [1.165, 1.54) is 6.07 Å². The Kier molecular flexibility index (Phi) is 4.50. The van der Waals surface area contributed by atoms with Crippen molar-refractivity contribution in [2.24, 2.45) is 5.73 Å². The molecule has 0 radical (unpaired) electrons. The summed E-state index contributed by atoms with van der Waals surface area (Å²) in [5, 5.41) is 0.410. The van der Waals surface area contributed by atoms with E-state index >= 15 is 0 Å². The van der Waals surface area contributed by atoms with Crippen molar-refractivity contribution in [2.75, 3.05) is 6.54 Å². The Morgan fingerprint density at radius 2 is 2.16 bits per heavy atom. The van der Waals surface area contributed by atoms with Crippen molar-refractivity contribution in [3.63, 3.8) is 0 Å². The summed E-state index contributed by atoms with van der Waals surface area (Å²) in [7, 11) is -3.45. The van der Waals surface area contributed by atoms with Crippen LogP contribution in [0.1, 0.15) is 31.7 Å². The average molecular weight is 303 g/mol. The molecule has 2 N–H and O–H groups in total. The summed E-state index contributed by atoms with van der Waals surface area (Å²) in [6.07, 6.45) is 2.91. The first kappa shape index (κ1) is 14.8. The van der Waals surface area contributed by atoms with Crippen LogP contribution in [0.15, 0.2) is 23.1 Å². The fraction of sp³-hybridized carbons (Fsp3) is 0.538. The van der Waals surface area contributed by atoms with Crippen molar-refractivity contribution in [1.29, 1.82) is 0 Å². The molecule has 0 amide bonds. The second-order valence-corrected chi connectivity index (χ2v) is 7.22. The van der Waals surface area contributed by atoms with Gasteiger partial charge in [-0.3, -0.25) is 0 Å². The lowest BCUT2D eigenvalue weighted by molar-refractivity contribution is 0.268. The SMILES string of the molecule is CC1CCCCN1S(=O)(=O)c1ccc(CN)c(Cl)c1. The Morgan fingerprint density at radius 3 is 2.74 bits per heavy atom. The van der Waals surface area contributed by atoms with Crippen LogP contribution in [-0.2, 0) is 16.6 Å². The van der Waals surface area contributed by atoms with Crippen molar-refractivity contribution in [3.8, 4) is 0 Å². The number of nitrogens with two attached hydrogens (primary N) is 1. The zero-order valence-corrected chi connectivity index (χ0v) is 12.5. The largest absolute Gasteiger partial charge is 0.326 e. The van der Waals surface area contributed by atoms with Crippen LogP contribution in [0.25, 0.3) is 0 Å². The normalized spacial score (nSPS) is 21.5. The average Bonchev–Trinajstić information content (AvgIpc) is 2.39. The van der Waals surface area contributed by atoms with Crippen molar-refractivity contribution >= 4 is 21.6 Å². The van der Waals surface area contributed by atoms with Gasteiger partial charge in [-0.1, -0.05) is 24.1 Å². The lowest BCUT2D eigenvalue weighted by Gasteiger charge is -2.32. The number of sulfonamides is 1. The monoisotopic (exact) mass is 302 g/mol. The smallest absolute Gasteiger partial charge is 0.243 e. The third-order valence-electron chi connectivity index (χ3n) is 3.59. The van der Waals surface area contributed by atoms with Crippen molar-refractivity contribution in [2.45, 2.75) is 43.7 Å². The van der Waals surface area contributed by atoms with E-state index in [4.69, 9.17) is 17.3 Å². The Morgan fingerprint density at radius 1 is 1.42 bits per heavy atom. The minimum atomic E-state index is -3.45. The molecule has 0 bridgehead atoms. The molecule has 1 fully saturated rings. The number of nitrogens with zero attached hydrogens (tertiary/aromatic N) is 1. The lowest BCUT2D eigenvalue weighted by Crippen LogP contribution is -2.41. The Labute approximate surface area is 119 Å². The van der Waals surface area contributed by atoms with E-state index in [1.807, 2.05) is 6.92 Å². The van der Waals surface area contributed by atoms with Gasteiger partial charge in [0.15, 0.2) is 0 Å². The molecule has 1 atom stereocenters. The van der Waals surface area contributed by atoms with Crippen LogP contribution in [0.3, 0.4) is 0 Å². The second-order valence-electron chi connectivity index (χ2n) is 4.92. The van der Waals surface area contributed by atoms with Crippen LogP contribution in [0, 0.1) is 0 Å². The Balaban J connectivity index is 2.36. The topological polar surface area (TPSA) is 63.4 Å². The molecule has 1 aromatic carbocycles. The summed E-state index contributed by atoms with van der Waals surface area (Å²) in [6.45, 7) is 2.84. The molecule has 1 aliphatic heterocycles. The van der Waals surface area contributed by atoms with Crippen molar-refractivity contribution < 1.29 is 8.42 Å². The van der Waals surface area contributed by atoms with E-state index in [0.29, 0.717) is 18.1 Å². The van der Waals surface area contributed by atoms with E-state index in [-0.39, 0.29) is 10.9 Å². The first-order valence-electron chi connectivity index (χ1n) is 6.47. The van der Waals surface area contributed by atoms with E-state index in [9.17, 15) is 8.42 Å². The van der Waals surface area contributed by atoms with Gasteiger partial charge in [-0.15, -0.1) is 0 Å². The molecule has 0 aliphatic carbocycles. The van der Waals surface area contributed by atoms with Crippen molar-refractivity contribution in [3.05, 3.63) is 28.8 Å². The molecule has 4 nitrogen and oxygen atoms in total. The lowest BCUT2D eigenvalue weighted by atomic mass is 10.1. The number of hydrogen-bond acceptors (Lipinski definition) is 3. The highest BCUT2D eigenvalue weighted by atomic mass is 35.5. The first-order valence-corrected chi connectivity index (χ1v) is 8.29. The van der Waals surface area contributed by atoms with Gasteiger partial charge in [-0.2, -0.15) is 4.31 Å². The van der Waals surface area contributed by atoms with Gasteiger partial charge in [0.1, 0.15) is 0 Å². The van der Waals surface area contributed by atoms with Gasteiger partial charge < -0.3 is 5.73 Å². The highest BCUT2D eigenvalue weighted by molar-refractivity contribution is 7.89. The third-order valence-corrected chi connectivity index (χ3v) is 5.95. The molecule has 1 aromatic rings. The summed E-state index contributed by atoms with van der Waals surface area (Å²) in [5.41, 5.74) is 6.29. The fourth-order valence-corrected chi connectivity index (χ4v) is 4.47. The van der Waals surface area contributed by atoms with E-state index in [1.54, 1.807) is 16.4 Å². The summed E-state index contributed by atoms with van der Waals surface area (Å²) in [5.74, 6) is 0. The van der Waals surface area contributed by atoms with Crippen molar-refractivity contribution in [1.82, 2.24) is 4.31 Å². The summed E-state index contributed by atoms with van der Waals surface area (Å²) >= 11 is 6.05. The highest BCUT2D eigenvalue weighted by Gasteiger charge is 2.31. The van der Waals surface area contributed by atoms with Crippen LogP contribution in [-0.4, -0.2) is 25.3 Å². The van der Waals surface area contributed by atoms with Gasteiger partial charge >= 0.3 is 0 Å². The minimum Gasteiger partial charge on any atom is -0.326 e. The maximum atomic E-state index is 12.6. The molecule has 1 saturated heterocycles. The number of rotatable bonds is 3. The van der Waals surface area contributed by atoms with Gasteiger partial charge in [-0.25, -0.2) is 8.42 Å². The van der Waals surface area contributed by atoms with Gasteiger partial charge in [0.25, 0.3) is 0 Å². The molecule has 19 heavy (non-hydrogen) atoms. The van der Waals surface area contributed by atoms with Crippen LogP contribution in [0.2, 0.25) is 5.02 Å². The van der Waals surface area contributed by atoms with Crippen LogP contribution in [0.5, 0.6) is 0 Å². The molecular formula is C13H19ClN2O2S. The number of hydrogen-bond donors (Lipinski definition) is 1. The zero-order valence-electron chi connectivity index (χ0n) is 11.0. The van der Waals surface area contributed by atoms with Gasteiger partial charge in [0.2, 0.25) is 10.0 Å². The predicted octanol–water partition coefficient (Wildman–Crippen LogP) is 2.36. The minimum absolute atomic E-state index is 0.0479. The summed E-state index contributed by atoms with van der Waals surface area (Å²) in [6, 6.07) is 4.82. The molecule has 0 spiro atoms. The number of halogens is 1. The first-order chi connectivity index (χ1) is 8.96. The molecule has 1 heterocycles. The maximum absolute atomic E-state index is 12.6. The van der Waals surface area contributed by atoms with Gasteiger partial charge in [0, 0.05) is 24.2 Å². The van der Waals surface area contributed by atoms with Gasteiger partial charge in [0.05, 0.1) is 4.90 Å². The Bertz CT molecular complexity index is 560.